The van der Waals surface area contributed by atoms with E-state index in [0.29, 0.717) is 12.8 Å². The van der Waals surface area contributed by atoms with E-state index in [1.54, 1.807) is 6.92 Å². The normalized spacial score (nSPS) is 54.2. The lowest BCUT2D eigenvalue weighted by molar-refractivity contribution is -0.314. The first-order valence-corrected chi connectivity index (χ1v) is 15.1. The van der Waals surface area contributed by atoms with E-state index in [1.807, 2.05) is 0 Å². The average molecular weight is 567 g/mol. The van der Waals surface area contributed by atoms with Gasteiger partial charge in [-0.2, -0.15) is 0 Å². The molecule has 5 fully saturated rings. The number of carbonyl (C=O) groups excluding carboxylic acids is 1. The van der Waals surface area contributed by atoms with Crippen molar-refractivity contribution in [2.24, 2.45) is 34.5 Å². The standard InChI is InChI=1S/C30H46O10/c1-15-24(34)26(37-3)25(35)27(39-15)40-18-6-9-29(14-31)17(11-18)4-5-20-19(29)7-8-28(2)23(16-10-22(33)38-13-16)21(32)12-30(20,28)36/h10,15,17-21,23-27,31-32,34-36H,4-9,11-14H2,1-3H3/t15-,17?,18+,19?,20-,21+,23+,24+,25-,26+,27+,28-,29-,30+/m1/s1. The van der Waals surface area contributed by atoms with Gasteiger partial charge in [-0.1, -0.05) is 6.92 Å². The fourth-order valence-corrected chi connectivity index (χ4v) is 10.3. The lowest BCUT2D eigenvalue weighted by Crippen LogP contribution is -2.64. The summed E-state index contributed by atoms with van der Waals surface area (Å²) >= 11 is 0. The van der Waals surface area contributed by atoms with E-state index in [2.05, 4.69) is 6.92 Å². The van der Waals surface area contributed by atoms with Gasteiger partial charge >= 0.3 is 5.97 Å². The number of aliphatic hydroxyl groups is 5. The molecular weight excluding hydrogens is 520 g/mol. The summed E-state index contributed by atoms with van der Waals surface area (Å²) in [6, 6.07) is 0. The number of hydrogen-bond acceptors (Lipinski definition) is 10. The molecule has 6 aliphatic rings. The van der Waals surface area contributed by atoms with Gasteiger partial charge in [-0.05, 0) is 80.6 Å². The summed E-state index contributed by atoms with van der Waals surface area (Å²) in [7, 11) is 1.45. The Kier molecular flexibility index (Phi) is 7.43. The SMILES string of the molecule is CO[C@H]1[C@@H](O)[C@@H](C)O[C@@H](O[C@H]2CC[C@@]3(CO)C(CC[C@@H]4C3CC[C@]3(C)[C@@H](C5=CC(=O)OC5)[C@@H](O)C[C@]43O)C2)[C@@H]1O. The van der Waals surface area contributed by atoms with Crippen molar-refractivity contribution in [3.63, 3.8) is 0 Å². The maximum absolute atomic E-state index is 12.4. The summed E-state index contributed by atoms with van der Waals surface area (Å²) in [5.41, 5.74) is -1.24. The minimum Gasteiger partial charge on any atom is -0.458 e. The number of methoxy groups -OCH3 is 1. The topological polar surface area (TPSA) is 155 Å². The quantitative estimate of drug-likeness (QED) is 0.241. The lowest BCUT2D eigenvalue weighted by atomic mass is 9.43. The van der Waals surface area contributed by atoms with Crippen molar-refractivity contribution < 1.29 is 49.3 Å². The van der Waals surface area contributed by atoms with Crippen LogP contribution in [0.25, 0.3) is 0 Å². The Labute approximate surface area is 235 Å². The molecule has 10 nitrogen and oxygen atoms in total. The van der Waals surface area contributed by atoms with Gasteiger partial charge < -0.3 is 44.5 Å². The maximum atomic E-state index is 12.4. The zero-order chi connectivity index (χ0) is 28.6. The molecule has 40 heavy (non-hydrogen) atoms. The Hall–Kier alpha value is -1.11. The highest BCUT2D eigenvalue weighted by molar-refractivity contribution is 5.85. The second kappa shape index (κ2) is 10.3. The van der Waals surface area contributed by atoms with Crippen LogP contribution >= 0.6 is 0 Å². The second-order valence-electron chi connectivity index (χ2n) is 13.8. The van der Waals surface area contributed by atoms with Gasteiger partial charge in [0.15, 0.2) is 6.29 Å². The van der Waals surface area contributed by atoms with E-state index in [1.165, 1.54) is 13.2 Å². The highest BCUT2D eigenvalue weighted by atomic mass is 16.7. The third-order valence-corrected chi connectivity index (χ3v) is 12.3. The molecule has 0 bridgehead atoms. The molecule has 0 aromatic carbocycles. The molecule has 2 aliphatic heterocycles. The van der Waals surface area contributed by atoms with Crippen LogP contribution in [0.2, 0.25) is 0 Å². The van der Waals surface area contributed by atoms with Gasteiger partial charge in [0.25, 0.3) is 0 Å². The molecule has 4 saturated carbocycles. The first-order chi connectivity index (χ1) is 19.0. The smallest absolute Gasteiger partial charge is 0.331 e. The van der Waals surface area contributed by atoms with Crippen molar-refractivity contribution in [2.45, 2.75) is 114 Å². The minimum absolute atomic E-state index is 0.0371. The molecule has 0 aromatic heterocycles. The zero-order valence-corrected chi connectivity index (χ0v) is 23.8. The summed E-state index contributed by atoms with van der Waals surface area (Å²) in [5, 5.41) is 55.7. The van der Waals surface area contributed by atoms with Crippen LogP contribution in [0.3, 0.4) is 0 Å². The molecule has 1 saturated heterocycles. The van der Waals surface area contributed by atoms with Crippen LogP contribution in [0, 0.1) is 34.5 Å². The number of esters is 1. The molecule has 2 heterocycles. The first kappa shape index (κ1) is 29.0. The van der Waals surface area contributed by atoms with Crippen molar-refractivity contribution in [1.82, 2.24) is 0 Å². The predicted octanol–water partition coefficient (Wildman–Crippen LogP) is 1.05. The Bertz CT molecular complexity index is 1020. The van der Waals surface area contributed by atoms with Gasteiger partial charge in [0.2, 0.25) is 0 Å². The fraction of sp³-hybridized carbons (Fsp3) is 0.900. The predicted molar refractivity (Wildman–Crippen MR) is 141 cm³/mol. The summed E-state index contributed by atoms with van der Waals surface area (Å²) in [4.78, 5) is 11.8. The van der Waals surface area contributed by atoms with Crippen molar-refractivity contribution in [3.05, 3.63) is 11.6 Å². The summed E-state index contributed by atoms with van der Waals surface area (Å²) in [5.74, 6) is -0.461. The fourth-order valence-electron chi connectivity index (χ4n) is 10.3. The third kappa shape index (κ3) is 4.08. The first-order valence-electron chi connectivity index (χ1n) is 15.1. The van der Waals surface area contributed by atoms with E-state index >= 15 is 0 Å². The number of ether oxygens (including phenoxy) is 4. The van der Waals surface area contributed by atoms with E-state index in [-0.39, 0.29) is 60.8 Å². The van der Waals surface area contributed by atoms with Crippen LogP contribution in [0.1, 0.15) is 65.2 Å². The Morgan fingerprint density at radius 1 is 1.07 bits per heavy atom. The van der Waals surface area contributed by atoms with E-state index in [9.17, 15) is 30.3 Å². The lowest BCUT2D eigenvalue weighted by Gasteiger charge is -2.64. The van der Waals surface area contributed by atoms with Gasteiger partial charge in [-0.25, -0.2) is 4.79 Å². The van der Waals surface area contributed by atoms with Gasteiger partial charge in [0.05, 0.1) is 23.9 Å². The van der Waals surface area contributed by atoms with E-state index in [4.69, 9.17) is 18.9 Å². The molecule has 0 amide bonds. The highest BCUT2D eigenvalue weighted by Crippen LogP contribution is 2.70. The Morgan fingerprint density at radius 2 is 1.85 bits per heavy atom. The molecule has 0 aromatic rings. The molecule has 226 valence electrons. The van der Waals surface area contributed by atoms with Crippen molar-refractivity contribution in [3.8, 4) is 0 Å². The summed E-state index contributed by atoms with van der Waals surface area (Å²) in [6.07, 6.45) is 1.86. The number of fused-ring (bicyclic) bond motifs is 5. The zero-order valence-electron chi connectivity index (χ0n) is 23.8. The number of cyclic esters (lactones) is 1. The van der Waals surface area contributed by atoms with E-state index < -0.39 is 47.8 Å². The molecule has 2 unspecified atom stereocenters. The third-order valence-electron chi connectivity index (χ3n) is 12.3. The molecule has 14 atom stereocenters. The molecule has 0 spiro atoms. The van der Waals surface area contributed by atoms with Gasteiger partial charge in [0.1, 0.15) is 24.9 Å². The van der Waals surface area contributed by atoms with Crippen molar-refractivity contribution >= 4 is 5.97 Å². The van der Waals surface area contributed by atoms with Crippen LogP contribution in [-0.2, 0) is 23.7 Å². The van der Waals surface area contributed by atoms with Gasteiger partial charge in [-0.15, -0.1) is 0 Å². The van der Waals surface area contributed by atoms with E-state index in [0.717, 1.165) is 37.7 Å². The summed E-state index contributed by atoms with van der Waals surface area (Å²) in [6.45, 7) is 4.01. The molecule has 6 rings (SSSR count). The molecule has 10 heteroatoms. The van der Waals surface area contributed by atoms with Crippen LogP contribution in [0.5, 0.6) is 0 Å². The Morgan fingerprint density at radius 3 is 2.52 bits per heavy atom. The van der Waals surface area contributed by atoms with Gasteiger partial charge in [0, 0.05) is 37.5 Å². The average Bonchev–Trinajstić information content (AvgIpc) is 3.43. The number of aliphatic hydroxyl groups excluding tert-OH is 4. The summed E-state index contributed by atoms with van der Waals surface area (Å²) < 4.78 is 22.6. The number of carbonyl (C=O) groups is 1. The van der Waals surface area contributed by atoms with Gasteiger partial charge in [-0.3, -0.25) is 0 Å². The van der Waals surface area contributed by atoms with Crippen LogP contribution in [0.4, 0.5) is 0 Å². The monoisotopic (exact) mass is 566 g/mol. The Balaban J connectivity index is 1.20. The molecule has 5 N–H and O–H groups in total. The second-order valence-corrected chi connectivity index (χ2v) is 13.8. The van der Waals surface area contributed by atoms with Crippen molar-refractivity contribution in [2.75, 3.05) is 20.3 Å². The van der Waals surface area contributed by atoms with Crippen LogP contribution < -0.4 is 0 Å². The molecule has 4 aliphatic carbocycles. The van der Waals surface area contributed by atoms with Crippen LogP contribution in [-0.4, -0.2) is 100 Å². The largest absolute Gasteiger partial charge is 0.458 e. The molecular formula is C30H46O10. The maximum Gasteiger partial charge on any atom is 0.331 e. The van der Waals surface area contributed by atoms with Crippen molar-refractivity contribution in [1.29, 1.82) is 0 Å². The van der Waals surface area contributed by atoms with Crippen LogP contribution in [0.15, 0.2) is 11.6 Å². The highest BCUT2D eigenvalue weighted by Gasteiger charge is 2.70. The minimum atomic E-state index is -1.11. The number of rotatable bonds is 5. The molecule has 0 radical (unpaired) electrons. The number of hydrogen-bond donors (Lipinski definition) is 5.